The number of hydrogen-bond acceptors (Lipinski definition) is 3. The minimum atomic E-state index is -4.85. The van der Waals surface area contributed by atoms with Gasteiger partial charge in [-0.05, 0) is 19.1 Å². The number of halogens is 3. The van der Waals surface area contributed by atoms with Crippen LogP contribution >= 0.6 is 0 Å². The van der Waals surface area contributed by atoms with E-state index in [4.69, 9.17) is 5.11 Å². The van der Waals surface area contributed by atoms with Crippen molar-refractivity contribution in [3.8, 4) is 0 Å². The van der Waals surface area contributed by atoms with Gasteiger partial charge in [-0.2, -0.15) is 17.9 Å². The van der Waals surface area contributed by atoms with Crippen LogP contribution in [0.5, 0.6) is 0 Å². The number of alkyl halides is 3. The Kier molecular flexibility index (Phi) is 4.21. The van der Waals surface area contributed by atoms with Crippen LogP contribution in [-0.4, -0.2) is 25.5 Å². The molecule has 1 aromatic rings. The molecule has 1 aromatic carbocycles. The Morgan fingerprint density at radius 3 is 2.32 bits per heavy atom. The van der Waals surface area contributed by atoms with Crippen LogP contribution in [0.3, 0.4) is 0 Å². The second kappa shape index (κ2) is 5.17. The molecule has 0 aromatic heterocycles. The van der Waals surface area contributed by atoms with Crippen LogP contribution in [0.25, 0.3) is 0 Å². The van der Waals surface area contributed by atoms with E-state index in [-0.39, 0.29) is 0 Å². The predicted octanol–water partition coefficient (Wildman–Crippen LogP) is 1.46. The van der Waals surface area contributed by atoms with Gasteiger partial charge in [0.15, 0.2) is 0 Å². The van der Waals surface area contributed by atoms with E-state index in [0.29, 0.717) is 6.07 Å². The molecule has 0 fully saturated rings. The maximum atomic E-state index is 12.7. The SMILES string of the molecule is CC(NS(=O)(=O)c1ccccc1C(F)(F)F)C(=O)O. The first-order valence-corrected chi connectivity index (χ1v) is 6.45. The minimum Gasteiger partial charge on any atom is -0.480 e. The van der Waals surface area contributed by atoms with Crippen molar-refractivity contribution < 1.29 is 31.5 Å². The van der Waals surface area contributed by atoms with Crippen LogP contribution in [0.4, 0.5) is 13.2 Å². The third-order valence-electron chi connectivity index (χ3n) is 2.18. The van der Waals surface area contributed by atoms with Crippen LogP contribution in [0, 0.1) is 0 Å². The molecule has 5 nitrogen and oxygen atoms in total. The van der Waals surface area contributed by atoms with Crippen LogP contribution in [0.1, 0.15) is 12.5 Å². The smallest absolute Gasteiger partial charge is 0.417 e. The number of nitrogens with one attached hydrogen (secondary N) is 1. The van der Waals surface area contributed by atoms with E-state index in [0.717, 1.165) is 25.1 Å². The molecule has 1 rings (SSSR count). The third kappa shape index (κ3) is 3.67. The van der Waals surface area contributed by atoms with Gasteiger partial charge in [-0.25, -0.2) is 8.42 Å². The van der Waals surface area contributed by atoms with Crippen LogP contribution < -0.4 is 4.72 Å². The zero-order valence-corrected chi connectivity index (χ0v) is 10.4. The molecule has 0 spiro atoms. The first kappa shape index (κ1) is 15.4. The minimum absolute atomic E-state index is 0.611. The summed E-state index contributed by atoms with van der Waals surface area (Å²) >= 11 is 0. The first-order chi connectivity index (χ1) is 8.55. The summed E-state index contributed by atoms with van der Waals surface area (Å²) in [6.45, 7) is 1.01. The molecule has 1 unspecified atom stereocenters. The highest BCUT2D eigenvalue weighted by molar-refractivity contribution is 7.89. The number of carbonyl (C=O) groups is 1. The molecule has 0 aliphatic rings. The average molecular weight is 297 g/mol. The Labute approximate surface area is 107 Å². The monoisotopic (exact) mass is 297 g/mol. The normalized spacial score (nSPS) is 14.1. The van der Waals surface area contributed by atoms with Crippen molar-refractivity contribution in [1.29, 1.82) is 0 Å². The highest BCUT2D eigenvalue weighted by atomic mass is 32.2. The van der Waals surface area contributed by atoms with Gasteiger partial charge >= 0.3 is 12.1 Å². The maximum absolute atomic E-state index is 12.7. The van der Waals surface area contributed by atoms with Gasteiger partial charge in [-0.15, -0.1) is 0 Å². The second-order valence-corrected chi connectivity index (χ2v) is 5.36. The number of rotatable bonds is 4. The Bertz CT molecular complexity index is 583. The van der Waals surface area contributed by atoms with Gasteiger partial charge < -0.3 is 5.11 Å². The van der Waals surface area contributed by atoms with Gasteiger partial charge in [0.05, 0.1) is 10.5 Å². The summed E-state index contributed by atoms with van der Waals surface area (Å²) in [5.74, 6) is -1.49. The van der Waals surface area contributed by atoms with Crippen molar-refractivity contribution >= 4 is 16.0 Å². The van der Waals surface area contributed by atoms with E-state index < -0.39 is 38.7 Å². The Balaban J connectivity index is 3.27. The van der Waals surface area contributed by atoms with E-state index in [1.165, 1.54) is 0 Å². The summed E-state index contributed by atoms with van der Waals surface area (Å²) in [5, 5.41) is 8.57. The van der Waals surface area contributed by atoms with Crippen molar-refractivity contribution in [2.45, 2.75) is 24.0 Å². The molecule has 9 heteroatoms. The molecule has 1 atom stereocenters. The quantitative estimate of drug-likeness (QED) is 0.881. The molecule has 0 aliphatic heterocycles. The summed E-state index contributed by atoms with van der Waals surface area (Å²) in [6, 6.07) is 2.00. The molecular formula is C10H10F3NO4S. The van der Waals surface area contributed by atoms with E-state index in [9.17, 15) is 26.4 Å². The van der Waals surface area contributed by atoms with Gasteiger partial charge in [0.25, 0.3) is 0 Å². The summed E-state index contributed by atoms with van der Waals surface area (Å²) in [4.78, 5) is 9.54. The van der Waals surface area contributed by atoms with E-state index in [1.807, 2.05) is 0 Å². The van der Waals surface area contributed by atoms with Crippen molar-refractivity contribution in [3.63, 3.8) is 0 Å². The zero-order chi connectivity index (χ0) is 14.8. The summed E-state index contributed by atoms with van der Waals surface area (Å²) in [7, 11) is -4.57. The van der Waals surface area contributed by atoms with Crippen molar-refractivity contribution in [2.75, 3.05) is 0 Å². The van der Waals surface area contributed by atoms with E-state index in [2.05, 4.69) is 0 Å². The highest BCUT2D eigenvalue weighted by Crippen LogP contribution is 2.33. The predicted molar refractivity (Wildman–Crippen MR) is 58.9 cm³/mol. The van der Waals surface area contributed by atoms with Gasteiger partial charge in [0.2, 0.25) is 10.0 Å². The van der Waals surface area contributed by atoms with Crippen molar-refractivity contribution in [2.24, 2.45) is 0 Å². The van der Waals surface area contributed by atoms with Crippen LogP contribution in [-0.2, 0) is 21.0 Å². The van der Waals surface area contributed by atoms with E-state index in [1.54, 1.807) is 4.72 Å². The Hall–Kier alpha value is -1.61. The topological polar surface area (TPSA) is 83.5 Å². The second-order valence-electron chi connectivity index (χ2n) is 3.68. The Morgan fingerprint density at radius 2 is 1.84 bits per heavy atom. The maximum Gasteiger partial charge on any atom is 0.417 e. The van der Waals surface area contributed by atoms with Gasteiger partial charge in [0, 0.05) is 0 Å². The molecule has 106 valence electrons. The molecule has 2 N–H and O–H groups in total. The van der Waals surface area contributed by atoms with Gasteiger partial charge in [-0.1, -0.05) is 12.1 Å². The molecular weight excluding hydrogens is 287 g/mol. The van der Waals surface area contributed by atoms with Gasteiger partial charge in [-0.3, -0.25) is 4.79 Å². The lowest BCUT2D eigenvalue weighted by Crippen LogP contribution is -2.39. The highest BCUT2D eigenvalue weighted by Gasteiger charge is 2.37. The van der Waals surface area contributed by atoms with E-state index >= 15 is 0 Å². The fraction of sp³-hybridized carbons (Fsp3) is 0.300. The third-order valence-corrected chi connectivity index (χ3v) is 3.78. The number of sulfonamides is 1. The Morgan fingerprint density at radius 1 is 1.32 bits per heavy atom. The fourth-order valence-corrected chi connectivity index (χ4v) is 2.71. The van der Waals surface area contributed by atoms with Gasteiger partial charge in [0.1, 0.15) is 6.04 Å². The average Bonchev–Trinajstić information content (AvgIpc) is 2.27. The molecule has 0 amide bonds. The van der Waals surface area contributed by atoms with Crippen molar-refractivity contribution in [3.05, 3.63) is 29.8 Å². The standard InChI is InChI=1S/C10H10F3NO4S/c1-6(9(15)16)14-19(17,18)8-5-3-2-4-7(8)10(11,12)13/h2-6,14H,1H3,(H,15,16). The van der Waals surface area contributed by atoms with Crippen LogP contribution in [0.15, 0.2) is 29.2 Å². The molecule has 19 heavy (non-hydrogen) atoms. The number of hydrogen-bond donors (Lipinski definition) is 2. The largest absolute Gasteiger partial charge is 0.480 e. The summed E-state index contributed by atoms with van der Waals surface area (Å²) in [6.07, 6.45) is -4.85. The lowest BCUT2D eigenvalue weighted by molar-refractivity contribution is -0.140. The molecule has 0 bridgehead atoms. The zero-order valence-electron chi connectivity index (χ0n) is 9.60. The molecule has 0 heterocycles. The molecule has 0 saturated heterocycles. The summed E-state index contributed by atoms with van der Waals surface area (Å²) < 4.78 is 63.1. The first-order valence-electron chi connectivity index (χ1n) is 4.97. The molecule has 0 saturated carbocycles. The lowest BCUT2D eigenvalue weighted by Gasteiger charge is -2.15. The fourth-order valence-electron chi connectivity index (χ4n) is 1.28. The number of carboxylic acid groups (broad SMARTS) is 1. The number of carboxylic acids is 1. The number of aliphatic carboxylic acids is 1. The summed E-state index contributed by atoms with van der Waals surface area (Å²) in [5.41, 5.74) is -1.35. The molecule has 0 aliphatic carbocycles. The van der Waals surface area contributed by atoms with Crippen molar-refractivity contribution in [1.82, 2.24) is 4.72 Å². The lowest BCUT2D eigenvalue weighted by atomic mass is 10.2. The number of benzene rings is 1. The van der Waals surface area contributed by atoms with Crippen LogP contribution in [0.2, 0.25) is 0 Å². The molecule has 0 radical (unpaired) electrons.